The van der Waals surface area contributed by atoms with Crippen LogP contribution in [0.1, 0.15) is 54.9 Å². The molecule has 238 valence electrons. The van der Waals surface area contributed by atoms with Gasteiger partial charge in [0.15, 0.2) is 30.7 Å². The van der Waals surface area contributed by atoms with Crippen LogP contribution in [0.15, 0.2) is 0 Å². The number of rotatable bonds is 10. The topological polar surface area (TPSA) is 198 Å². The zero-order valence-corrected chi connectivity index (χ0v) is 24.8. The zero-order chi connectivity index (χ0) is 31.7. The molecule has 16 heteroatoms. The number of amides is 1. The van der Waals surface area contributed by atoms with Crippen molar-refractivity contribution < 1.29 is 71.4 Å². The fraction of sp³-hybridized carbons (Fsp3) is 0.769. The van der Waals surface area contributed by atoms with Crippen molar-refractivity contribution in [1.82, 2.24) is 5.32 Å². The molecule has 1 N–H and O–H groups in total. The lowest BCUT2D eigenvalue weighted by molar-refractivity contribution is -0.357. The maximum absolute atomic E-state index is 12.2. The van der Waals surface area contributed by atoms with Crippen molar-refractivity contribution in [1.29, 1.82) is 0 Å². The minimum Gasteiger partial charge on any atom is -0.463 e. The van der Waals surface area contributed by atoms with E-state index < -0.39 is 104 Å². The maximum atomic E-state index is 12.2. The molecule has 10 atom stereocenters. The van der Waals surface area contributed by atoms with Crippen molar-refractivity contribution >= 4 is 35.9 Å². The molecule has 0 spiro atoms. The van der Waals surface area contributed by atoms with E-state index in [1.54, 1.807) is 6.92 Å². The monoisotopic (exact) mass is 605 g/mol. The molecule has 2 aliphatic rings. The second-order valence-electron chi connectivity index (χ2n) is 9.71. The first-order valence-electron chi connectivity index (χ1n) is 13.3. The third-order valence-electron chi connectivity index (χ3n) is 6.38. The van der Waals surface area contributed by atoms with E-state index in [2.05, 4.69) is 5.32 Å². The zero-order valence-electron chi connectivity index (χ0n) is 24.8. The largest absolute Gasteiger partial charge is 0.463 e. The van der Waals surface area contributed by atoms with Crippen molar-refractivity contribution in [3.05, 3.63) is 0 Å². The number of carbonyl (C=O) groups excluding carboxylic acids is 6. The van der Waals surface area contributed by atoms with Gasteiger partial charge in [-0.2, -0.15) is 0 Å². The van der Waals surface area contributed by atoms with Gasteiger partial charge in [0, 0.05) is 47.6 Å². The lowest BCUT2D eigenvalue weighted by Crippen LogP contribution is -2.66. The third-order valence-corrected chi connectivity index (χ3v) is 6.38. The Balaban J connectivity index is 2.62. The average Bonchev–Trinajstić information content (AvgIpc) is 2.88. The van der Waals surface area contributed by atoms with Crippen LogP contribution in [0.5, 0.6) is 0 Å². The van der Waals surface area contributed by atoms with E-state index in [-0.39, 0.29) is 0 Å². The number of nitrogens with one attached hydrogen (secondary N) is 1. The van der Waals surface area contributed by atoms with Gasteiger partial charge in [-0.3, -0.25) is 24.0 Å². The summed E-state index contributed by atoms with van der Waals surface area (Å²) in [5, 5.41) is 2.25. The quantitative estimate of drug-likeness (QED) is 0.267. The second kappa shape index (κ2) is 15.7. The molecule has 0 radical (unpaired) electrons. The summed E-state index contributed by atoms with van der Waals surface area (Å²) in [6.07, 6.45) is -12.3. The van der Waals surface area contributed by atoms with Gasteiger partial charge in [-0.1, -0.05) is 13.8 Å². The third kappa shape index (κ3) is 9.52. The Morgan fingerprint density at radius 2 is 1.14 bits per heavy atom. The molecule has 16 nitrogen and oxygen atoms in total. The first-order valence-corrected chi connectivity index (χ1v) is 13.3. The molecule has 0 aromatic rings. The minimum absolute atomic E-state index is 0.469. The van der Waals surface area contributed by atoms with Crippen LogP contribution in [0.3, 0.4) is 0 Å². The van der Waals surface area contributed by atoms with Gasteiger partial charge in [-0.25, -0.2) is 4.79 Å². The molecule has 0 unspecified atom stereocenters. The molecule has 42 heavy (non-hydrogen) atoms. The molecular formula is C26H39NO15. The van der Waals surface area contributed by atoms with Crippen LogP contribution >= 0.6 is 0 Å². The van der Waals surface area contributed by atoms with Gasteiger partial charge >= 0.3 is 35.9 Å². The SMILES string of the molecule is CC[C@@H]1O[C@H](OC(C)=O)[C@@H](O[C@H]2O[C@H](COC(C)=O)[C@@H](OC(=O)NC)[C@H](OC(C)=O)[C@@H]2OC(C)=O)[C@@H](OC(C)=O)[C@@H]1C. The molecule has 2 aliphatic heterocycles. The molecule has 2 saturated heterocycles. The van der Waals surface area contributed by atoms with Crippen LogP contribution in [-0.2, 0) is 66.6 Å². The van der Waals surface area contributed by atoms with E-state index in [9.17, 15) is 28.8 Å². The highest BCUT2D eigenvalue weighted by Crippen LogP contribution is 2.36. The Bertz CT molecular complexity index is 1000. The summed E-state index contributed by atoms with van der Waals surface area (Å²) in [5.74, 6) is -4.26. The van der Waals surface area contributed by atoms with Crippen LogP contribution in [0.25, 0.3) is 0 Å². The lowest BCUT2D eigenvalue weighted by Gasteiger charge is -2.48. The Hall–Kier alpha value is -3.50. The summed E-state index contributed by atoms with van der Waals surface area (Å²) >= 11 is 0. The number of ether oxygens (including phenoxy) is 9. The first-order chi connectivity index (χ1) is 19.7. The van der Waals surface area contributed by atoms with E-state index in [4.69, 9.17) is 42.6 Å². The summed E-state index contributed by atoms with van der Waals surface area (Å²) in [6.45, 7) is 8.68. The van der Waals surface area contributed by atoms with E-state index in [0.29, 0.717) is 6.42 Å². The van der Waals surface area contributed by atoms with Crippen molar-refractivity contribution in [2.24, 2.45) is 5.92 Å². The van der Waals surface area contributed by atoms with E-state index in [1.165, 1.54) is 14.0 Å². The molecule has 2 fully saturated rings. The van der Waals surface area contributed by atoms with Gasteiger partial charge < -0.3 is 47.9 Å². The molecule has 2 heterocycles. The Kier molecular flexibility index (Phi) is 12.9. The number of hydrogen-bond acceptors (Lipinski definition) is 15. The summed E-state index contributed by atoms with van der Waals surface area (Å²) < 4.78 is 50.5. The summed E-state index contributed by atoms with van der Waals surface area (Å²) in [6, 6.07) is 0. The molecule has 0 aromatic carbocycles. The van der Waals surface area contributed by atoms with Crippen LogP contribution in [0.2, 0.25) is 0 Å². The predicted octanol–water partition coefficient (Wildman–Crippen LogP) is 0.513. The predicted molar refractivity (Wildman–Crippen MR) is 136 cm³/mol. The Labute approximate surface area is 242 Å². The molecule has 2 rings (SSSR count). The van der Waals surface area contributed by atoms with Crippen molar-refractivity contribution in [2.75, 3.05) is 13.7 Å². The standard InChI is InChI=1S/C26H39NO15/c1-9-17-11(2)19(35-13(4)29)22(24(39-17)38-16(7)32)41-25-23(37-15(6)31)21(36-14(5)30)20(42-26(33)27-8)18(40-25)10-34-12(3)28/h11,17-25H,9-10H2,1-8H3,(H,27,33)/t11-,17+,18-,19+,20-,21+,22+,23+,24+,25-/m1/s1. The molecule has 0 bridgehead atoms. The highest BCUT2D eigenvalue weighted by molar-refractivity contribution is 5.69. The Morgan fingerprint density at radius 1 is 0.619 bits per heavy atom. The van der Waals surface area contributed by atoms with Gasteiger partial charge in [-0.05, 0) is 6.42 Å². The molecule has 1 amide bonds. The number of hydrogen-bond donors (Lipinski definition) is 1. The smallest absolute Gasteiger partial charge is 0.407 e. The summed E-state index contributed by atoms with van der Waals surface area (Å²) in [5.41, 5.74) is 0. The van der Waals surface area contributed by atoms with Crippen molar-refractivity contribution in [3.63, 3.8) is 0 Å². The molecular weight excluding hydrogens is 566 g/mol. The average molecular weight is 606 g/mol. The van der Waals surface area contributed by atoms with Gasteiger partial charge in [0.25, 0.3) is 0 Å². The minimum atomic E-state index is -1.64. The normalized spacial score (nSPS) is 32.5. The summed E-state index contributed by atoms with van der Waals surface area (Å²) in [4.78, 5) is 72.3. The number of esters is 5. The number of carbonyl (C=O) groups is 6. The lowest BCUT2D eigenvalue weighted by atomic mass is 9.88. The van der Waals surface area contributed by atoms with Gasteiger partial charge in [0.05, 0.1) is 6.10 Å². The van der Waals surface area contributed by atoms with Crippen LogP contribution in [0, 0.1) is 5.92 Å². The maximum Gasteiger partial charge on any atom is 0.407 e. The number of alkyl carbamates (subject to hydrolysis) is 1. The first kappa shape index (κ1) is 34.7. The van der Waals surface area contributed by atoms with Crippen molar-refractivity contribution in [3.8, 4) is 0 Å². The van der Waals surface area contributed by atoms with Gasteiger partial charge in [0.2, 0.25) is 6.29 Å². The highest BCUT2D eigenvalue weighted by atomic mass is 16.8. The molecule has 0 aromatic heterocycles. The Morgan fingerprint density at radius 3 is 1.64 bits per heavy atom. The fourth-order valence-electron chi connectivity index (χ4n) is 4.72. The van der Waals surface area contributed by atoms with Crippen LogP contribution in [0.4, 0.5) is 4.79 Å². The van der Waals surface area contributed by atoms with Crippen molar-refractivity contribution in [2.45, 2.75) is 110 Å². The van der Waals surface area contributed by atoms with E-state index in [0.717, 1.165) is 27.7 Å². The fourth-order valence-corrected chi connectivity index (χ4v) is 4.72. The van der Waals surface area contributed by atoms with E-state index in [1.807, 2.05) is 6.92 Å². The van der Waals surface area contributed by atoms with E-state index >= 15 is 0 Å². The summed E-state index contributed by atoms with van der Waals surface area (Å²) in [7, 11) is 1.28. The second-order valence-corrected chi connectivity index (χ2v) is 9.71. The van der Waals surface area contributed by atoms with Crippen LogP contribution < -0.4 is 5.32 Å². The highest BCUT2D eigenvalue weighted by Gasteiger charge is 2.56. The van der Waals surface area contributed by atoms with Gasteiger partial charge in [0.1, 0.15) is 18.8 Å². The molecule has 0 aliphatic carbocycles. The van der Waals surface area contributed by atoms with Gasteiger partial charge in [-0.15, -0.1) is 0 Å². The molecule has 0 saturated carbocycles. The van der Waals surface area contributed by atoms with Crippen LogP contribution in [-0.4, -0.2) is 105 Å².